The predicted molar refractivity (Wildman–Crippen MR) is 32.5 cm³/mol. The first kappa shape index (κ1) is 9.80. The number of aliphatic hydroxyl groups excluding tert-OH is 3. The minimum atomic E-state index is -1.04. The molecule has 1 aliphatic heterocycles. The molecule has 1 aliphatic rings. The second-order valence-electron chi connectivity index (χ2n) is 2.16. The van der Waals surface area contributed by atoms with Crippen LogP contribution in [0.5, 0.6) is 0 Å². The molecule has 5 nitrogen and oxygen atoms in total. The van der Waals surface area contributed by atoms with Crippen LogP contribution in [0.15, 0.2) is 0 Å². The summed E-state index contributed by atoms with van der Waals surface area (Å²) < 4.78 is 4.70. The van der Waals surface area contributed by atoms with Crippen LogP contribution in [0.3, 0.4) is 0 Å². The summed E-state index contributed by atoms with van der Waals surface area (Å²) in [6, 6.07) is 0. The molecule has 0 saturated carbocycles. The van der Waals surface area contributed by atoms with Crippen molar-refractivity contribution in [2.45, 2.75) is 18.3 Å². The molecule has 0 radical (unpaired) electrons. The molecule has 1 saturated heterocycles. The van der Waals surface area contributed by atoms with Gasteiger partial charge in [0.2, 0.25) is 0 Å². The minimum Gasteiger partial charge on any atom is -0.412 e. The van der Waals surface area contributed by atoms with Crippen molar-refractivity contribution in [2.75, 3.05) is 13.2 Å². The zero-order valence-electron chi connectivity index (χ0n) is 5.40. The van der Waals surface area contributed by atoms with Crippen LogP contribution in [0.2, 0.25) is 0 Å². The Labute approximate surface area is 58.2 Å². The number of hydrogen-bond donors (Lipinski definition) is 3. The Hall–Kier alpha value is -0.200. The lowest BCUT2D eigenvalue weighted by Gasteiger charge is -2.27. The van der Waals surface area contributed by atoms with E-state index in [0.717, 1.165) is 0 Å². The molecule has 62 valence electrons. The second kappa shape index (κ2) is 3.85. The van der Waals surface area contributed by atoms with Crippen LogP contribution in [0.25, 0.3) is 0 Å². The Morgan fingerprint density at radius 2 is 1.40 bits per heavy atom. The van der Waals surface area contributed by atoms with Crippen LogP contribution in [0, 0.1) is 0 Å². The molecule has 0 spiro atoms. The van der Waals surface area contributed by atoms with Gasteiger partial charge in [-0.15, -0.1) is 0 Å². The molecule has 5 N–H and O–H groups in total. The van der Waals surface area contributed by atoms with Crippen LogP contribution in [-0.4, -0.2) is 52.3 Å². The maximum atomic E-state index is 8.87. The van der Waals surface area contributed by atoms with Gasteiger partial charge in [0.25, 0.3) is 0 Å². The van der Waals surface area contributed by atoms with Crippen molar-refractivity contribution in [1.29, 1.82) is 0 Å². The van der Waals surface area contributed by atoms with Gasteiger partial charge < -0.3 is 25.5 Å². The third-order valence-electron chi connectivity index (χ3n) is 1.37. The van der Waals surface area contributed by atoms with Gasteiger partial charge in [-0.1, -0.05) is 0 Å². The van der Waals surface area contributed by atoms with Gasteiger partial charge in [0.05, 0.1) is 13.2 Å². The van der Waals surface area contributed by atoms with Crippen molar-refractivity contribution < 1.29 is 25.5 Å². The maximum absolute atomic E-state index is 8.87. The zero-order valence-corrected chi connectivity index (χ0v) is 5.40. The van der Waals surface area contributed by atoms with E-state index in [-0.39, 0.29) is 18.7 Å². The zero-order chi connectivity index (χ0) is 6.85. The van der Waals surface area contributed by atoms with E-state index in [0.29, 0.717) is 0 Å². The van der Waals surface area contributed by atoms with E-state index >= 15 is 0 Å². The van der Waals surface area contributed by atoms with Crippen molar-refractivity contribution in [2.24, 2.45) is 0 Å². The Morgan fingerprint density at radius 1 is 1.00 bits per heavy atom. The van der Waals surface area contributed by atoms with Gasteiger partial charge >= 0.3 is 0 Å². The van der Waals surface area contributed by atoms with Gasteiger partial charge in [0.1, 0.15) is 18.3 Å². The lowest BCUT2D eigenvalue weighted by molar-refractivity contribution is -0.150. The summed E-state index contributed by atoms with van der Waals surface area (Å²) >= 11 is 0. The second-order valence-corrected chi connectivity index (χ2v) is 2.16. The standard InChI is InChI=1S/C5H10O4.H2O/c6-3-1-9-2-4(7)5(3)8;/h3-8H,1-2H2;1H2. The molecule has 1 heterocycles. The molecule has 0 aromatic heterocycles. The van der Waals surface area contributed by atoms with Gasteiger partial charge in [-0.2, -0.15) is 0 Å². The first-order chi connectivity index (χ1) is 4.22. The third-order valence-corrected chi connectivity index (χ3v) is 1.37. The van der Waals surface area contributed by atoms with Gasteiger partial charge in [-0.05, 0) is 0 Å². The van der Waals surface area contributed by atoms with E-state index in [9.17, 15) is 0 Å². The number of ether oxygens (including phenoxy) is 1. The molecule has 0 bridgehead atoms. The lowest BCUT2D eigenvalue weighted by Crippen LogP contribution is -2.47. The van der Waals surface area contributed by atoms with Gasteiger partial charge in [0.15, 0.2) is 0 Å². The maximum Gasteiger partial charge on any atom is 0.110 e. The van der Waals surface area contributed by atoms with E-state index < -0.39 is 18.3 Å². The summed E-state index contributed by atoms with van der Waals surface area (Å²) in [5.74, 6) is 0. The van der Waals surface area contributed by atoms with E-state index in [2.05, 4.69) is 0 Å². The highest BCUT2D eigenvalue weighted by Crippen LogP contribution is 2.07. The van der Waals surface area contributed by atoms with Crippen LogP contribution in [0.1, 0.15) is 0 Å². The van der Waals surface area contributed by atoms with Crippen LogP contribution < -0.4 is 0 Å². The van der Waals surface area contributed by atoms with E-state index in [1.165, 1.54) is 0 Å². The molecule has 1 rings (SSSR count). The molecular weight excluding hydrogens is 140 g/mol. The topological polar surface area (TPSA) is 101 Å². The summed E-state index contributed by atoms with van der Waals surface area (Å²) in [5, 5.41) is 26.5. The van der Waals surface area contributed by atoms with Crippen molar-refractivity contribution >= 4 is 0 Å². The first-order valence-electron chi connectivity index (χ1n) is 2.84. The van der Waals surface area contributed by atoms with Crippen molar-refractivity contribution in [3.63, 3.8) is 0 Å². The highest BCUT2D eigenvalue weighted by atomic mass is 16.5. The van der Waals surface area contributed by atoms with Gasteiger partial charge in [0, 0.05) is 0 Å². The highest BCUT2D eigenvalue weighted by Gasteiger charge is 2.29. The fraction of sp³-hybridized carbons (Fsp3) is 1.00. The molecule has 5 heteroatoms. The van der Waals surface area contributed by atoms with Crippen molar-refractivity contribution in [3.8, 4) is 0 Å². The minimum absolute atomic E-state index is 0. The van der Waals surface area contributed by atoms with Crippen LogP contribution in [-0.2, 0) is 4.74 Å². The summed E-state index contributed by atoms with van der Waals surface area (Å²) in [6.07, 6.45) is -2.92. The van der Waals surface area contributed by atoms with E-state index in [1.807, 2.05) is 0 Å². The smallest absolute Gasteiger partial charge is 0.110 e. The van der Waals surface area contributed by atoms with Crippen molar-refractivity contribution in [3.05, 3.63) is 0 Å². The molecular formula is C5H12O5. The average molecular weight is 152 g/mol. The Kier molecular flexibility index (Phi) is 3.77. The predicted octanol–water partition coefficient (Wildman–Crippen LogP) is -2.73. The molecule has 0 aromatic carbocycles. The lowest BCUT2D eigenvalue weighted by atomic mass is 10.1. The number of rotatable bonds is 0. The normalized spacial score (nSPS) is 40.5. The fourth-order valence-corrected chi connectivity index (χ4v) is 0.763. The Bertz CT molecular complexity index is 86.0. The Morgan fingerprint density at radius 3 is 1.70 bits per heavy atom. The van der Waals surface area contributed by atoms with Gasteiger partial charge in [-0.25, -0.2) is 0 Å². The van der Waals surface area contributed by atoms with Crippen LogP contribution >= 0.6 is 0 Å². The SMILES string of the molecule is O.OC1COCC(O)C1O. The molecule has 2 unspecified atom stereocenters. The largest absolute Gasteiger partial charge is 0.412 e. The summed E-state index contributed by atoms with van der Waals surface area (Å²) in [7, 11) is 0. The van der Waals surface area contributed by atoms with Gasteiger partial charge in [-0.3, -0.25) is 0 Å². The molecule has 2 atom stereocenters. The van der Waals surface area contributed by atoms with Crippen molar-refractivity contribution in [1.82, 2.24) is 0 Å². The molecule has 1 fully saturated rings. The number of aliphatic hydroxyl groups is 3. The summed E-state index contributed by atoms with van der Waals surface area (Å²) in [4.78, 5) is 0. The summed E-state index contributed by atoms with van der Waals surface area (Å²) in [5.41, 5.74) is 0. The molecule has 0 aromatic rings. The highest BCUT2D eigenvalue weighted by molar-refractivity contribution is 4.78. The van der Waals surface area contributed by atoms with E-state index in [1.54, 1.807) is 0 Å². The van der Waals surface area contributed by atoms with Crippen LogP contribution in [0.4, 0.5) is 0 Å². The summed E-state index contributed by atoms with van der Waals surface area (Å²) in [6.45, 7) is 0.219. The molecule has 0 aliphatic carbocycles. The molecule has 0 amide bonds. The fourth-order valence-electron chi connectivity index (χ4n) is 0.763. The first-order valence-corrected chi connectivity index (χ1v) is 2.84. The quantitative estimate of drug-likeness (QED) is 0.351. The monoisotopic (exact) mass is 152 g/mol. The molecule has 10 heavy (non-hydrogen) atoms. The average Bonchev–Trinajstić information content (AvgIpc) is 1.83. The number of hydrogen-bond acceptors (Lipinski definition) is 4. The Balaban J connectivity index is 0.000000810. The van der Waals surface area contributed by atoms with E-state index in [4.69, 9.17) is 20.1 Å². The third kappa shape index (κ3) is 1.89.